The molecule has 114 valence electrons. The lowest BCUT2D eigenvalue weighted by Gasteiger charge is -2.24. The van der Waals surface area contributed by atoms with Crippen molar-refractivity contribution in [2.75, 3.05) is 16.8 Å². The molecule has 1 saturated carbocycles. The molecule has 1 aliphatic carbocycles. The van der Waals surface area contributed by atoms with Gasteiger partial charge in [-0.3, -0.25) is 4.79 Å². The smallest absolute Gasteiger partial charge is 0.227 e. The molecule has 3 rings (SSSR count). The van der Waals surface area contributed by atoms with Crippen LogP contribution in [0.4, 0.5) is 17.2 Å². The van der Waals surface area contributed by atoms with Crippen LogP contribution in [0.25, 0.3) is 0 Å². The summed E-state index contributed by atoms with van der Waals surface area (Å²) < 4.78 is 0. The van der Waals surface area contributed by atoms with Crippen molar-refractivity contribution in [1.82, 2.24) is 4.98 Å². The number of hydrogen-bond acceptors (Lipinski definition) is 3. The predicted octanol–water partition coefficient (Wildman–Crippen LogP) is 3.98. The van der Waals surface area contributed by atoms with E-state index < -0.39 is 0 Å². The summed E-state index contributed by atoms with van der Waals surface area (Å²) in [5, 5.41) is 2.95. The molecule has 1 fully saturated rings. The third-order valence-corrected chi connectivity index (χ3v) is 4.15. The number of anilines is 3. The van der Waals surface area contributed by atoms with Crippen molar-refractivity contribution in [3.8, 4) is 0 Å². The number of carbonyl (C=O) groups is 1. The first-order valence-electron chi connectivity index (χ1n) is 7.87. The lowest BCUT2D eigenvalue weighted by molar-refractivity contribution is -0.122. The quantitative estimate of drug-likeness (QED) is 0.907. The van der Waals surface area contributed by atoms with Crippen LogP contribution < -0.4 is 10.2 Å². The average molecular weight is 295 g/mol. The lowest BCUT2D eigenvalue weighted by Crippen LogP contribution is -2.28. The maximum absolute atomic E-state index is 11.9. The Morgan fingerprint density at radius 2 is 2.00 bits per heavy atom. The third-order valence-electron chi connectivity index (χ3n) is 4.15. The summed E-state index contributed by atoms with van der Waals surface area (Å²) >= 11 is 0. The zero-order chi connectivity index (χ0) is 15.4. The average Bonchev–Trinajstić information content (AvgIpc) is 2.49. The standard InChI is InChI=1S/C18H21N3O/c1-2-21(16-9-4-3-5-10-16)17-12-11-15(13-19-17)20-18(22)14-7-6-8-14/h3-5,9-14H,2,6-8H2,1H3,(H,20,22). The van der Waals surface area contributed by atoms with E-state index in [1.54, 1.807) is 6.20 Å². The highest BCUT2D eigenvalue weighted by molar-refractivity contribution is 5.92. The number of benzene rings is 1. The summed E-state index contributed by atoms with van der Waals surface area (Å²) in [5.41, 5.74) is 1.88. The van der Waals surface area contributed by atoms with Gasteiger partial charge in [-0.25, -0.2) is 4.98 Å². The molecule has 0 unspecified atom stereocenters. The Morgan fingerprint density at radius 1 is 1.23 bits per heavy atom. The normalized spacial score (nSPS) is 14.2. The van der Waals surface area contributed by atoms with Crippen molar-refractivity contribution < 1.29 is 4.79 Å². The number of para-hydroxylation sites is 1. The fourth-order valence-corrected chi connectivity index (χ4v) is 2.62. The maximum Gasteiger partial charge on any atom is 0.227 e. The van der Waals surface area contributed by atoms with E-state index in [-0.39, 0.29) is 11.8 Å². The minimum Gasteiger partial charge on any atom is -0.327 e. The van der Waals surface area contributed by atoms with E-state index in [2.05, 4.69) is 34.3 Å². The SMILES string of the molecule is CCN(c1ccccc1)c1ccc(NC(=O)C2CCC2)cn1. The van der Waals surface area contributed by atoms with Gasteiger partial charge >= 0.3 is 0 Å². The largest absolute Gasteiger partial charge is 0.327 e. The highest BCUT2D eigenvalue weighted by atomic mass is 16.1. The number of pyridine rings is 1. The Bertz CT molecular complexity index is 621. The molecular formula is C18H21N3O. The summed E-state index contributed by atoms with van der Waals surface area (Å²) in [4.78, 5) is 18.6. The first kappa shape index (κ1) is 14.6. The minimum absolute atomic E-state index is 0.121. The summed E-state index contributed by atoms with van der Waals surface area (Å²) in [6, 6.07) is 14.0. The van der Waals surface area contributed by atoms with Crippen molar-refractivity contribution >= 4 is 23.1 Å². The molecule has 0 radical (unpaired) electrons. The number of hydrogen-bond donors (Lipinski definition) is 1. The van der Waals surface area contributed by atoms with E-state index >= 15 is 0 Å². The summed E-state index contributed by atoms with van der Waals surface area (Å²) in [6.07, 6.45) is 4.92. The topological polar surface area (TPSA) is 45.2 Å². The van der Waals surface area contributed by atoms with Crippen molar-refractivity contribution in [3.05, 3.63) is 48.7 Å². The van der Waals surface area contributed by atoms with E-state index in [9.17, 15) is 4.79 Å². The zero-order valence-corrected chi connectivity index (χ0v) is 12.8. The molecule has 1 N–H and O–H groups in total. The van der Waals surface area contributed by atoms with Crippen LogP contribution in [0.5, 0.6) is 0 Å². The fourth-order valence-electron chi connectivity index (χ4n) is 2.62. The first-order chi connectivity index (χ1) is 10.8. The van der Waals surface area contributed by atoms with Crippen LogP contribution >= 0.6 is 0 Å². The second-order valence-corrected chi connectivity index (χ2v) is 5.60. The Morgan fingerprint density at radius 3 is 2.55 bits per heavy atom. The van der Waals surface area contributed by atoms with Crippen LogP contribution in [0.3, 0.4) is 0 Å². The van der Waals surface area contributed by atoms with Gasteiger partial charge in [0, 0.05) is 18.2 Å². The third kappa shape index (κ3) is 3.11. The predicted molar refractivity (Wildman–Crippen MR) is 89.3 cm³/mol. The fraction of sp³-hybridized carbons (Fsp3) is 0.333. The Kier molecular flexibility index (Phi) is 4.37. The second kappa shape index (κ2) is 6.60. The summed E-state index contributed by atoms with van der Waals surface area (Å²) in [7, 11) is 0. The van der Waals surface area contributed by atoms with E-state index in [0.29, 0.717) is 0 Å². The van der Waals surface area contributed by atoms with Crippen LogP contribution in [0.15, 0.2) is 48.7 Å². The van der Waals surface area contributed by atoms with Gasteiger partial charge in [0.25, 0.3) is 0 Å². The molecule has 1 amide bonds. The van der Waals surface area contributed by atoms with Gasteiger partial charge < -0.3 is 10.2 Å². The monoisotopic (exact) mass is 295 g/mol. The van der Waals surface area contributed by atoms with Crippen molar-refractivity contribution in [2.45, 2.75) is 26.2 Å². The van der Waals surface area contributed by atoms with Crippen LogP contribution in [0.2, 0.25) is 0 Å². The van der Waals surface area contributed by atoms with Gasteiger partial charge in [-0.15, -0.1) is 0 Å². The zero-order valence-electron chi connectivity index (χ0n) is 12.8. The number of carbonyl (C=O) groups excluding carboxylic acids is 1. The van der Waals surface area contributed by atoms with E-state index in [1.165, 1.54) is 0 Å². The molecule has 1 aliphatic rings. The molecule has 0 saturated heterocycles. The number of rotatable bonds is 5. The van der Waals surface area contributed by atoms with Crippen LogP contribution in [-0.4, -0.2) is 17.4 Å². The summed E-state index contributed by atoms with van der Waals surface area (Å²) in [5.74, 6) is 1.20. The Hall–Kier alpha value is -2.36. The second-order valence-electron chi connectivity index (χ2n) is 5.60. The number of nitrogens with one attached hydrogen (secondary N) is 1. The van der Waals surface area contributed by atoms with E-state index in [1.807, 2.05) is 30.3 Å². The van der Waals surface area contributed by atoms with Gasteiger partial charge in [0.05, 0.1) is 11.9 Å². The molecule has 1 heterocycles. The number of amides is 1. The van der Waals surface area contributed by atoms with Crippen LogP contribution in [-0.2, 0) is 4.79 Å². The van der Waals surface area contributed by atoms with Gasteiger partial charge in [-0.05, 0) is 44.0 Å². The lowest BCUT2D eigenvalue weighted by atomic mass is 9.85. The molecule has 4 heteroatoms. The molecule has 0 aliphatic heterocycles. The van der Waals surface area contributed by atoms with Gasteiger partial charge in [-0.2, -0.15) is 0 Å². The van der Waals surface area contributed by atoms with Gasteiger partial charge in [0.1, 0.15) is 5.82 Å². The maximum atomic E-state index is 11.9. The molecule has 0 bridgehead atoms. The Labute approximate surface area is 131 Å². The van der Waals surface area contributed by atoms with Gasteiger partial charge in [0.2, 0.25) is 5.91 Å². The van der Waals surface area contributed by atoms with Crippen molar-refractivity contribution in [1.29, 1.82) is 0 Å². The molecule has 0 atom stereocenters. The highest BCUT2D eigenvalue weighted by Crippen LogP contribution is 2.28. The first-order valence-corrected chi connectivity index (χ1v) is 7.87. The van der Waals surface area contributed by atoms with Crippen LogP contribution in [0, 0.1) is 5.92 Å². The molecule has 2 aromatic rings. The molecule has 22 heavy (non-hydrogen) atoms. The minimum atomic E-state index is 0.121. The van der Waals surface area contributed by atoms with Gasteiger partial charge in [-0.1, -0.05) is 24.6 Å². The molecular weight excluding hydrogens is 274 g/mol. The van der Waals surface area contributed by atoms with Crippen LogP contribution in [0.1, 0.15) is 26.2 Å². The van der Waals surface area contributed by atoms with Crippen molar-refractivity contribution in [3.63, 3.8) is 0 Å². The number of nitrogens with zero attached hydrogens (tertiary/aromatic N) is 2. The van der Waals surface area contributed by atoms with Gasteiger partial charge in [0.15, 0.2) is 0 Å². The molecule has 0 spiro atoms. The summed E-state index contributed by atoms with van der Waals surface area (Å²) in [6.45, 7) is 2.94. The molecule has 1 aromatic carbocycles. The molecule has 4 nitrogen and oxygen atoms in total. The molecule has 1 aromatic heterocycles. The van der Waals surface area contributed by atoms with Crippen molar-refractivity contribution in [2.24, 2.45) is 5.92 Å². The Balaban J connectivity index is 1.71. The highest BCUT2D eigenvalue weighted by Gasteiger charge is 2.25. The number of aromatic nitrogens is 1. The van der Waals surface area contributed by atoms with E-state index in [0.717, 1.165) is 43.0 Å². The van der Waals surface area contributed by atoms with E-state index in [4.69, 9.17) is 0 Å².